The highest BCUT2D eigenvalue weighted by molar-refractivity contribution is 6.27. The average Bonchev–Trinajstić information content (AvgIpc) is 3.12. The zero-order valence-corrected chi connectivity index (χ0v) is 18.1. The van der Waals surface area contributed by atoms with Gasteiger partial charge in [0.1, 0.15) is 17.9 Å². The van der Waals surface area contributed by atoms with E-state index >= 15 is 0 Å². The minimum absolute atomic E-state index is 0.172. The number of Topliss-reactive ketones (excluding diaryl/α,β-unsaturated/α-hetero) is 1. The van der Waals surface area contributed by atoms with Crippen LogP contribution in [-0.2, 0) is 20.9 Å². The third kappa shape index (κ3) is 7.21. The number of allylic oxidation sites excluding steroid dienone is 3. The standard InChI is InChI=1S/C26H26N2O5/c29-22(16-8-7-12-19-10-3-1-4-11-19)23-24(30)21(28-25(23)31)15-9-17-27-26(32)33-18-20-13-5-2-6-14-20/h1-8,10-14,16,21,29H,9,15,17-18H2,(H,27,32)(H,28,31). The molecule has 3 rings (SSSR count). The monoisotopic (exact) mass is 446 g/mol. The lowest BCUT2D eigenvalue weighted by Gasteiger charge is -2.09. The summed E-state index contributed by atoms with van der Waals surface area (Å²) in [5.74, 6) is -1.43. The van der Waals surface area contributed by atoms with Gasteiger partial charge in [-0.1, -0.05) is 78.9 Å². The summed E-state index contributed by atoms with van der Waals surface area (Å²) in [6, 6.07) is 18.2. The van der Waals surface area contributed by atoms with Gasteiger partial charge in [0, 0.05) is 6.54 Å². The van der Waals surface area contributed by atoms with Crippen molar-refractivity contribution in [2.24, 2.45) is 0 Å². The van der Waals surface area contributed by atoms with Crippen LogP contribution in [0.15, 0.2) is 90.2 Å². The Kier molecular flexibility index (Phi) is 8.59. The number of alkyl carbamates (subject to hydrolysis) is 1. The predicted octanol–water partition coefficient (Wildman–Crippen LogP) is 3.84. The van der Waals surface area contributed by atoms with E-state index in [0.717, 1.165) is 11.1 Å². The molecule has 33 heavy (non-hydrogen) atoms. The minimum Gasteiger partial charge on any atom is -0.507 e. The fraction of sp³-hybridized carbons (Fsp3) is 0.192. The van der Waals surface area contributed by atoms with E-state index in [1.165, 1.54) is 6.08 Å². The van der Waals surface area contributed by atoms with Crippen molar-refractivity contribution >= 4 is 23.9 Å². The first-order chi connectivity index (χ1) is 16.0. The van der Waals surface area contributed by atoms with E-state index in [0.29, 0.717) is 19.4 Å². The molecule has 1 aliphatic heterocycles. The summed E-state index contributed by atoms with van der Waals surface area (Å²) < 4.78 is 5.12. The Bertz CT molecular complexity index is 1060. The summed E-state index contributed by atoms with van der Waals surface area (Å²) in [6.45, 7) is 0.466. The lowest BCUT2D eigenvalue weighted by Crippen LogP contribution is -2.31. The van der Waals surface area contributed by atoms with E-state index in [2.05, 4.69) is 10.6 Å². The van der Waals surface area contributed by atoms with Gasteiger partial charge in [0.2, 0.25) is 0 Å². The first kappa shape index (κ1) is 23.5. The van der Waals surface area contributed by atoms with Gasteiger partial charge < -0.3 is 20.5 Å². The number of amides is 2. The molecule has 0 spiro atoms. The molecule has 1 aliphatic rings. The average molecular weight is 447 g/mol. The number of carbonyl (C=O) groups excluding carboxylic acids is 3. The highest BCUT2D eigenvalue weighted by Crippen LogP contribution is 2.18. The molecule has 1 fully saturated rings. The number of hydrogen-bond acceptors (Lipinski definition) is 5. The summed E-state index contributed by atoms with van der Waals surface area (Å²) in [5.41, 5.74) is 1.62. The molecular formula is C26H26N2O5. The van der Waals surface area contributed by atoms with Crippen LogP contribution >= 0.6 is 0 Å². The van der Waals surface area contributed by atoms with Gasteiger partial charge in [0.05, 0.1) is 6.04 Å². The van der Waals surface area contributed by atoms with Crippen LogP contribution < -0.4 is 10.6 Å². The normalized spacial score (nSPS) is 17.4. The maximum absolute atomic E-state index is 12.5. The van der Waals surface area contributed by atoms with Crippen molar-refractivity contribution in [2.45, 2.75) is 25.5 Å². The van der Waals surface area contributed by atoms with E-state index in [4.69, 9.17) is 4.74 Å². The quantitative estimate of drug-likeness (QED) is 0.178. The molecule has 2 amide bonds. The van der Waals surface area contributed by atoms with Crippen molar-refractivity contribution in [2.75, 3.05) is 6.54 Å². The maximum Gasteiger partial charge on any atom is 0.407 e. The van der Waals surface area contributed by atoms with E-state index < -0.39 is 23.8 Å². The number of aliphatic hydroxyl groups excluding tert-OH is 1. The molecule has 0 saturated carbocycles. The molecular weight excluding hydrogens is 420 g/mol. The van der Waals surface area contributed by atoms with Gasteiger partial charge in [-0.3, -0.25) is 9.59 Å². The molecule has 1 unspecified atom stereocenters. The second-order valence-corrected chi connectivity index (χ2v) is 7.41. The van der Waals surface area contributed by atoms with Crippen LogP contribution in [0.1, 0.15) is 24.0 Å². The van der Waals surface area contributed by atoms with Crippen molar-refractivity contribution < 1.29 is 24.2 Å². The number of nitrogens with one attached hydrogen (secondary N) is 2. The first-order valence-electron chi connectivity index (χ1n) is 10.7. The number of aliphatic hydroxyl groups is 1. The molecule has 0 radical (unpaired) electrons. The van der Waals surface area contributed by atoms with E-state index in [-0.39, 0.29) is 17.9 Å². The van der Waals surface area contributed by atoms with E-state index in [1.807, 2.05) is 66.7 Å². The molecule has 0 aromatic heterocycles. The third-order valence-electron chi connectivity index (χ3n) is 4.96. The Morgan fingerprint density at radius 2 is 1.73 bits per heavy atom. The molecule has 1 atom stereocenters. The predicted molar refractivity (Wildman–Crippen MR) is 125 cm³/mol. The number of benzene rings is 2. The number of ketones is 1. The number of rotatable bonds is 9. The fourth-order valence-corrected chi connectivity index (χ4v) is 3.26. The Hall–Kier alpha value is -4.13. The van der Waals surface area contributed by atoms with Crippen molar-refractivity contribution in [3.8, 4) is 0 Å². The molecule has 7 heteroatoms. The summed E-state index contributed by atoms with van der Waals surface area (Å²) in [6.07, 6.45) is 6.67. The molecule has 1 heterocycles. The highest BCUT2D eigenvalue weighted by Gasteiger charge is 2.37. The van der Waals surface area contributed by atoms with Crippen LogP contribution in [0, 0.1) is 0 Å². The van der Waals surface area contributed by atoms with Gasteiger partial charge >= 0.3 is 6.09 Å². The van der Waals surface area contributed by atoms with Crippen molar-refractivity contribution in [3.05, 3.63) is 101 Å². The highest BCUT2D eigenvalue weighted by atomic mass is 16.5. The molecule has 2 aromatic carbocycles. The Morgan fingerprint density at radius 3 is 2.45 bits per heavy atom. The molecule has 7 nitrogen and oxygen atoms in total. The molecule has 0 aliphatic carbocycles. The molecule has 1 saturated heterocycles. The summed E-state index contributed by atoms with van der Waals surface area (Å²) >= 11 is 0. The lowest BCUT2D eigenvalue weighted by molar-refractivity contribution is -0.117. The second kappa shape index (κ2) is 12.0. The Balaban J connectivity index is 1.42. The lowest BCUT2D eigenvalue weighted by atomic mass is 10.0. The molecule has 3 N–H and O–H groups in total. The first-order valence-corrected chi connectivity index (χ1v) is 10.7. The number of carbonyl (C=O) groups is 3. The number of hydrogen-bond donors (Lipinski definition) is 3. The maximum atomic E-state index is 12.5. The number of ether oxygens (including phenoxy) is 1. The zero-order valence-electron chi connectivity index (χ0n) is 18.1. The van der Waals surface area contributed by atoms with Gasteiger partial charge in [0.25, 0.3) is 5.91 Å². The van der Waals surface area contributed by atoms with E-state index in [1.54, 1.807) is 12.2 Å². The zero-order chi connectivity index (χ0) is 23.5. The Labute approximate surface area is 192 Å². The van der Waals surface area contributed by atoms with E-state index in [9.17, 15) is 19.5 Å². The van der Waals surface area contributed by atoms with Crippen LogP contribution in [-0.4, -0.2) is 35.5 Å². The van der Waals surface area contributed by atoms with Crippen molar-refractivity contribution in [3.63, 3.8) is 0 Å². The summed E-state index contributed by atoms with van der Waals surface area (Å²) in [7, 11) is 0. The summed E-state index contributed by atoms with van der Waals surface area (Å²) in [4.78, 5) is 36.5. The molecule has 0 bridgehead atoms. The van der Waals surface area contributed by atoms with Crippen LogP contribution in [0.25, 0.3) is 6.08 Å². The SMILES string of the molecule is O=C(NCCCC1NC(=O)C(=C(O)C=CC=Cc2ccccc2)C1=O)OCc1ccccc1. The van der Waals surface area contributed by atoms with Gasteiger partial charge in [-0.15, -0.1) is 0 Å². The topological polar surface area (TPSA) is 105 Å². The van der Waals surface area contributed by atoms with Crippen LogP contribution in [0.5, 0.6) is 0 Å². The largest absolute Gasteiger partial charge is 0.507 e. The second-order valence-electron chi connectivity index (χ2n) is 7.41. The fourth-order valence-electron chi connectivity index (χ4n) is 3.26. The van der Waals surface area contributed by atoms with Gasteiger partial charge in [-0.2, -0.15) is 0 Å². The smallest absolute Gasteiger partial charge is 0.407 e. The van der Waals surface area contributed by atoms with Gasteiger partial charge in [-0.05, 0) is 30.0 Å². The third-order valence-corrected chi connectivity index (χ3v) is 4.96. The minimum atomic E-state index is -0.731. The van der Waals surface area contributed by atoms with Crippen LogP contribution in [0.2, 0.25) is 0 Å². The summed E-state index contributed by atoms with van der Waals surface area (Å²) in [5, 5.41) is 15.4. The van der Waals surface area contributed by atoms with Crippen molar-refractivity contribution in [1.82, 2.24) is 10.6 Å². The van der Waals surface area contributed by atoms with Gasteiger partial charge in [-0.25, -0.2) is 4.79 Å². The molecule has 170 valence electrons. The van der Waals surface area contributed by atoms with Gasteiger partial charge in [0.15, 0.2) is 5.78 Å². The van der Waals surface area contributed by atoms with Crippen LogP contribution in [0.3, 0.4) is 0 Å². The molecule has 2 aromatic rings. The Morgan fingerprint density at radius 1 is 1.03 bits per heavy atom. The van der Waals surface area contributed by atoms with Crippen LogP contribution in [0.4, 0.5) is 4.79 Å². The van der Waals surface area contributed by atoms with Crippen molar-refractivity contribution in [1.29, 1.82) is 0 Å².